The molecular weight excluding hydrogens is 309 g/mol. The summed E-state index contributed by atoms with van der Waals surface area (Å²) >= 11 is 9.32. The average molecular weight is 321 g/mol. The van der Waals surface area contributed by atoms with E-state index in [0.29, 0.717) is 23.9 Å². The molecule has 1 aromatic carbocycles. The number of carbonyl (C=O) groups is 1. The van der Waals surface area contributed by atoms with Crippen molar-refractivity contribution in [1.82, 2.24) is 0 Å². The molecule has 1 saturated heterocycles. The van der Waals surface area contributed by atoms with Crippen LogP contribution in [0.4, 0.5) is 5.69 Å². The first kappa shape index (κ1) is 12.8. The van der Waals surface area contributed by atoms with Crippen molar-refractivity contribution in [3.63, 3.8) is 0 Å². The van der Waals surface area contributed by atoms with Crippen LogP contribution >= 0.6 is 27.5 Å². The number of anilines is 1. The van der Waals surface area contributed by atoms with Crippen molar-refractivity contribution in [2.75, 3.05) is 25.1 Å². The maximum absolute atomic E-state index is 11.9. The van der Waals surface area contributed by atoms with Gasteiger partial charge in [-0.15, -0.1) is 0 Å². The van der Waals surface area contributed by atoms with Gasteiger partial charge < -0.3 is 14.8 Å². The molecule has 0 aliphatic carbocycles. The summed E-state index contributed by atoms with van der Waals surface area (Å²) in [5, 5.41) is 3.20. The zero-order chi connectivity index (χ0) is 12.3. The van der Waals surface area contributed by atoms with E-state index in [1.165, 1.54) is 0 Å². The maximum atomic E-state index is 11.9. The Hall–Kier alpha value is -0.620. The molecule has 0 spiro atoms. The number of para-hydroxylation sites is 1. The summed E-state index contributed by atoms with van der Waals surface area (Å²) in [5.74, 6) is -0.251. The molecule has 1 aromatic rings. The molecule has 17 heavy (non-hydrogen) atoms. The number of carbonyl (C=O) groups excluding carboxylic acids is 1. The molecule has 0 bridgehead atoms. The van der Waals surface area contributed by atoms with Crippen molar-refractivity contribution >= 4 is 39.1 Å². The second-order valence-corrected chi connectivity index (χ2v) is 4.78. The van der Waals surface area contributed by atoms with Gasteiger partial charge >= 0.3 is 0 Å². The highest BCUT2D eigenvalue weighted by Gasteiger charge is 2.23. The quantitative estimate of drug-likeness (QED) is 0.910. The standard InChI is InChI=1S/C11H11BrClNO3/c12-7-2-1-3-8(13)10(7)14-11(15)9-6-16-4-5-17-9/h1-3,9H,4-6H2,(H,14,15). The summed E-state index contributed by atoms with van der Waals surface area (Å²) in [7, 11) is 0. The lowest BCUT2D eigenvalue weighted by Gasteiger charge is -2.22. The fourth-order valence-corrected chi connectivity index (χ4v) is 2.26. The maximum Gasteiger partial charge on any atom is 0.255 e. The van der Waals surface area contributed by atoms with E-state index in [4.69, 9.17) is 21.1 Å². The van der Waals surface area contributed by atoms with E-state index in [-0.39, 0.29) is 12.5 Å². The van der Waals surface area contributed by atoms with E-state index in [9.17, 15) is 4.79 Å². The van der Waals surface area contributed by atoms with Crippen LogP contribution in [0, 0.1) is 0 Å². The Balaban J connectivity index is 2.07. The number of benzene rings is 1. The normalized spacial score (nSPS) is 20.0. The molecule has 1 heterocycles. The Morgan fingerprint density at radius 3 is 2.94 bits per heavy atom. The second-order valence-electron chi connectivity index (χ2n) is 3.52. The molecule has 1 N–H and O–H groups in total. The molecule has 0 saturated carbocycles. The Kier molecular flexibility index (Phi) is 4.39. The molecule has 0 aromatic heterocycles. The molecule has 4 nitrogen and oxygen atoms in total. The number of hydrogen-bond acceptors (Lipinski definition) is 3. The van der Waals surface area contributed by atoms with Gasteiger partial charge in [-0.2, -0.15) is 0 Å². The van der Waals surface area contributed by atoms with Gasteiger partial charge in [-0.1, -0.05) is 17.7 Å². The lowest BCUT2D eigenvalue weighted by molar-refractivity contribution is -0.142. The smallest absolute Gasteiger partial charge is 0.255 e. The van der Waals surface area contributed by atoms with E-state index in [1.54, 1.807) is 18.2 Å². The third-order valence-electron chi connectivity index (χ3n) is 2.32. The van der Waals surface area contributed by atoms with Crippen LogP contribution in [0.1, 0.15) is 0 Å². The monoisotopic (exact) mass is 319 g/mol. The number of halogens is 2. The highest BCUT2D eigenvalue weighted by molar-refractivity contribution is 9.10. The van der Waals surface area contributed by atoms with Crippen LogP contribution in [-0.4, -0.2) is 31.8 Å². The van der Waals surface area contributed by atoms with Gasteiger partial charge in [-0.05, 0) is 28.1 Å². The lowest BCUT2D eigenvalue weighted by atomic mass is 10.3. The van der Waals surface area contributed by atoms with Crippen molar-refractivity contribution < 1.29 is 14.3 Å². The fourth-order valence-electron chi connectivity index (χ4n) is 1.46. The summed E-state index contributed by atoms with van der Waals surface area (Å²) < 4.78 is 11.2. The minimum atomic E-state index is -0.577. The highest BCUT2D eigenvalue weighted by Crippen LogP contribution is 2.30. The molecule has 0 radical (unpaired) electrons. The molecular formula is C11H11BrClNO3. The summed E-state index contributed by atoms with van der Waals surface area (Å²) in [5.41, 5.74) is 0.549. The van der Waals surface area contributed by atoms with Crippen molar-refractivity contribution in [1.29, 1.82) is 0 Å². The van der Waals surface area contributed by atoms with Gasteiger partial charge in [0, 0.05) is 4.47 Å². The predicted molar refractivity (Wildman–Crippen MR) is 68.3 cm³/mol. The largest absolute Gasteiger partial charge is 0.376 e. The second kappa shape index (κ2) is 5.82. The molecule has 1 unspecified atom stereocenters. The number of hydrogen-bond donors (Lipinski definition) is 1. The molecule has 2 rings (SSSR count). The third-order valence-corrected chi connectivity index (χ3v) is 3.30. The SMILES string of the molecule is O=C(Nc1c(Cl)cccc1Br)C1COCCO1. The first-order valence-corrected chi connectivity index (χ1v) is 6.30. The van der Waals surface area contributed by atoms with E-state index < -0.39 is 6.10 Å². The number of ether oxygens (including phenoxy) is 2. The van der Waals surface area contributed by atoms with E-state index >= 15 is 0 Å². The molecule has 92 valence electrons. The van der Waals surface area contributed by atoms with Crippen LogP contribution in [0.5, 0.6) is 0 Å². The molecule has 1 atom stereocenters. The van der Waals surface area contributed by atoms with Gasteiger partial charge in [-0.3, -0.25) is 4.79 Å². The van der Waals surface area contributed by atoms with Gasteiger partial charge in [0.05, 0.1) is 30.5 Å². The molecule has 1 aliphatic heterocycles. The molecule has 1 aliphatic rings. The summed E-state index contributed by atoms with van der Waals surface area (Å²) in [4.78, 5) is 11.9. The van der Waals surface area contributed by atoms with Crippen molar-refractivity contribution in [3.8, 4) is 0 Å². The third kappa shape index (κ3) is 3.19. The minimum absolute atomic E-state index is 0.251. The topological polar surface area (TPSA) is 47.6 Å². The Labute approximate surface area is 112 Å². The van der Waals surface area contributed by atoms with Crippen LogP contribution in [-0.2, 0) is 14.3 Å². The lowest BCUT2D eigenvalue weighted by Crippen LogP contribution is -2.39. The van der Waals surface area contributed by atoms with Crippen molar-refractivity contribution in [2.24, 2.45) is 0 Å². The Morgan fingerprint density at radius 1 is 1.47 bits per heavy atom. The first-order chi connectivity index (χ1) is 8.18. The molecule has 1 amide bonds. The molecule has 6 heteroatoms. The number of amides is 1. The van der Waals surface area contributed by atoms with Gasteiger partial charge in [-0.25, -0.2) is 0 Å². The fraction of sp³-hybridized carbons (Fsp3) is 0.364. The molecule has 1 fully saturated rings. The zero-order valence-corrected chi connectivity index (χ0v) is 11.3. The Morgan fingerprint density at radius 2 is 2.29 bits per heavy atom. The predicted octanol–water partition coefficient (Wildman–Crippen LogP) is 2.46. The summed E-state index contributed by atoms with van der Waals surface area (Å²) in [6.45, 7) is 1.23. The summed E-state index contributed by atoms with van der Waals surface area (Å²) in [6.07, 6.45) is -0.577. The van der Waals surface area contributed by atoms with Crippen LogP contribution in [0.15, 0.2) is 22.7 Å². The van der Waals surface area contributed by atoms with Crippen molar-refractivity contribution in [2.45, 2.75) is 6.10 Å². The van der Waals surface area contributed by atoms with E-state index in [1.807, 2.05) is 0 Å². The van der Waals surface area contributed by atoms with Crippen LogP contribution in [0.2, 0.25) is 5.02 Å². The minimum Gasteiger partial charge on any atom is -0.376 e. The Bertz CT molecular complexity index is 401. The van der Waals surface area contributed by atoms with Gasteiger partial charge in [0.25, 0.3) is 5.91 Å². The van der Waals surface area contributed by atoms with Gasteiger partial charge in [0.1, 0.15) is 0 Å². The summed E-state index contributed by atoms with van der Waals surface area (Å²) in [6, 6.07) is 5.31. The average Bonchev–Trinajstić information content (AvgIpc) is 2.35. The first-order valence-electron chi connectivity index (χ1n) is 5.12. The van der Waals surface area contributed by atoms with E-state index in [0.717, 1.165) is 4.47 Å². The van der Waals surface area contributed by atoms with Crippen LogP contribution in [0.25, 0.3) is 0 Å². The number of rotatable bonds is 2. The van der Waals surface area contributed by atoms with E-state index in [2.05, 4.69) is 21.2 Å². The van der Waals surface area contributed by atoms with Gasteiger partial charge in [0.2, 0.25) is 0 Å². The highest BCUT2D eigenvalue weighted by atomic mass is 79.9. The van der Waals surface area contributed by atoms with Crippen LogP contribution < -0.4 is 5.32 Å². The zero-order valence-electron chi connectivity index (χ0n) is 8.91. The number of nitrogens with one attached hydrogen (secondary N) is 1. The van der Waals surface area contributed by atoms with Crippen LogP contribution in [0.3, 0.4) is 0 Å². The van der Waals surface area contributed by atoms with Gasteiger partial charge in [0.15, 0.2) is 6.10 Å². The van der Waals surface area contributed by atoms with Crippen molar-refractivity contribution in [3.05, 3.63) is 27.7 Å².